The van der Waals surface area contributed by atoms with Gasteiger partial charge in [-0.25, -0.2) is 0 Å². The van der Waals surface area contributed by atoms with Gasteiger partial charge in [-0.3, -0.25) is 9.59 Å². The number of aliphatic carboxylic acids is 1. The Kier molecular flexibility index (Phi) is 3.08. The van der Waals surface area contributed by atoms with Crippen LogP contribution in [0.5, 0.6) is 0 Å². The number of hydrogen-bond donors (Lipinski definition) is 1. The minimum absolute atomic E-state index is 0.172. The smallest absolute Gasteiger partial charge is 0.306 e. The van der Waals surface area contributed by atoms with E-state index in [-0.39, 0.29) is 11.8 Å². The van der Waals surface area contributed by atoms with Crippen LogP contribution in [0.4, 0.5) is 0 Å². The normalized spacial score (nSPS) is 32.0. The molecule has 0 aromatic rings. The topological polar surface area (TPSA) is 54.4 Å². The molecule has 3 nitrogen and oxygen atoms in total. The standard InChI is InChI=1S/C12H18O3/c13-11(8-2-1-3-8)9-4-6-10(7-5-9)12(14)15/h8-10H,1-7H2,(H,14,15). The summed E-state index contributed by atoms with van der Waals surface area (Å²) in [6.45, 7) is 0. The highest BCUT2D eigenvalue weighted by Gasteiger charge is 2.34. The van der Waals surface area contributed by atoms with Gasteiger partial charge in [0, 0.05) is 11.8 Å². The van der Waals surface area contributed by atoms with E-state index in [0.29, 0.717) is 24.5 Å². The Morgan fingerprint density at radius 3 is 1.67 bits per heavy atom. The molecule has 0 unspecified atom stereocenters. The van der Waals surface area contributed by atoms with Crippen LogP contribution in [0.3, 0.4) is 0 Å². The predicted molar refractivity (Wildman–Crippen MR) is 55.4 cm³/mol. The Labute approximate surface area is 89.9 Å². The van der Waals surface area contributed by atoms with Crippen LogP contribution in [-0.2, 0) is 9.59 Å². The van der Waals surface area contributed by atoms with Gasteiger partial charge >= 0.3 is 5.97 Å². The first-order valence-corrected chi connectivity index (χ1v) is 5.95. The second-order valence-electron chi connectivity index (χ2n) is 4.92. The first kappa shape index (κ1) is 10.7. The van der Waals surface area contributed by atoms with E-state index in [2.05, 4.69) is 0 Å². The summed E-state index contributed by atoms with van der Waals surface area (Å²) in [4.78, 5) is 22.7. The van der Waals surface area contributed by atoms with Crippen molar-refractivity contribution < 1.29 is 14.7 Å². The fourth-order valence-corrected chi connectivity index (χ4v) is 2.65. The summed E-state index contributed by atoms with van der Waals surface area (Å²) >= 11 is 0. The third-order valence-corrected chi connectivity index (χ3v) is 3.99. The maximum Gasteiger partial charge on any atom is 0.306 e. The molecule has 2 aliphatic carbocycles. The lowest BCUT2D eigenvalue weighted by Gasteiger charge is -2.31. The molecule has 0 aromatic heterocycles. The van der Waals surface area contributed by atoms with Gasteiger partial charge in [-0.1, -0.05) is 6.42 Å². The number of carbonyl (C=O) groups is 2. The van der Waals surface area contributed by atoms with Crippen molar-refractivity contribution in [2.45, 2.75) is 44.9 Å². The molecule has 2 fully saturated rings. The maximum atomic E-state index is 11.9. The van der Waals surface area contributed by atoms with Gasteiger partial charge < -0.3 is 5.11 Å². The van der Waals surface area contributed by atoms with Gasteiger partial charge in [-0.05, 0) is 38.5 Å². The van der Waals surface area contributed by atoms with Crippen molar-refractivity contribution in [3.05, 3.63) is 0 Å². The quantitative estimate of drug-likeness (QED) is 0.777. The lowest BCUT2D eigenvalue weighted by Crippen LogP contribution is -2.32. The van der Waals surface area contributed by atoms with E-state index >= 15 is 0 Å². The monoisotopic (exact) mass is 210 g/mol. The van der Waals surface area contributed by atoms with Crippen LogP contribution in [0.15, 0.2) is 0 Å². The van der Waals surface area contributed by atoms with E-state index in [1.165, 1.54) is 6.42 Å². The molecule has 15 heavy (non-hydrogen) atoms. The summed E-state index contributed by atoms with van der Waals surface area (Å²) in [7, 11) is 0. The predicted octanol–water partition coefficient (Wildman–Crippen LogP) is 2.25. The van der Waals surface area contributed by atoms with Gasteiger partial charge in [0.1, 0.15) is 5.78 Å². The van der Waals surface area contributed by atoms with Crippen LogP contribution < -0.4 is 0 Å². The summed E-state index contributed by atoms with van der Waals surface area (Å²) in [5.74, 6) is 0.0207. The van der Waals surface area contributed by atoms with Crippen molar-refractivity contribution >= 4 is 11.8 Å². The van der Waals surface area contributed by atoms with Crippen LogP contribution in [0.2, 0.25) is 0 Å². The number of carboxylic acid groups (broad SMARTS) is 1. The molecule has 2 saturated carbocycles. The maximum absolute atomic E-state index is 11.9. The third kappa shape index (κ3) is 2.21. The molecule has 0 amide bonds. The highest BCUT2D eigenvalue weighted by molar-refractivity contribution is 5.84. The Bertz CT molecular complexity index is 260. The van der Waals surface area contributed by atoms with E-state index in [1.54, 1.807) is 0 Å². The molecule has 0 heterocycles. The van der Waals surface area contributed by atoms with E-state index in [1.807, 2.05) is 0 Å². The highest BCUT2D eigenvalue weighted by atomic mass is 16.4. The number of ketones is 1. The second kappa shape index (κ2) is 4.33. The highest BCUT2D eigenvalue weighted by Crippen LogP contribution is 2.36. The van der Waals surface area contributed by atoms with E-state index in [4.69, 9.17) is 5.11 Å². The van der Waals surface area contributed by atoms with Crippen LogP contribution in [-0.4, -0.2) is 16.9 Å². The van der Waals surface area contributed by atoms with E-state index in [9.17, 15) is 9.59 Å². The first-order valence-electron chi connectivity index (χ1n) is 5.95. The summed E-state index contributed by atoms with van der Waals surface area (Å²) < 4.78 is 0. The first-order chi connectivity index (χ1) is 7.18. The zero-order valence-corrected chi connectivity index (χ0v) is 8.95. The van der Waals surface area contributed by atoms with Crippen molar-refractivity contribution in [3.63, 3.8) is 0 Å². The molecular formula is C12H18O3. The lowest BCUT2D eigenvalue weighted by atomic mass is 9.72. The Morgan fingerprint density at radius 1 is 0.800 bits per heavy atom. The van der Waals surface area contributed by atoms with Gasteiger partial charge in [0.15, 0.2) is 0 Å². The minimum atomic E-state index is -0.690. The number of rotatable bonds is 3. The third-order valence-electron chi connectivity index (χ3n) is 3.99. The fraction of sp³-hybridized carbons (Fsp3) is 0.833. The Hall–Kier alpha value is -0.860. The molecule has 0 aliphatic heterocycles. The van der Waals surface area contributed by atoms with Crippen molar-refractivity contribution in [2.24, 2.45) is 17.8 Å². The average Bonchev–Trinajstić information content (AvgIpc) is 2.15. The van der Waals surface area contributed by atoms with Gasteiger partial charge in [0.25, 0.3) is 0 Å². The summed E-state index contributed by atoms with van der Waals surface area (Å²) in [5.41, 5.74) is 0. The van der Waals surface area contributed by atoms with Gasteiger partial charge in [0.2, 0.25) is 0 Å². The SMILES string of the molecule is O=C(O)C1CCC(C(=O)C2CCC2)CC1. The molecule has 0 radical (unpaired) electrons. The molecule has 0 aromatic carbocycles. The van der Waals surface area contributed by atoms with Crippen LogP contribution in [0.1, 0.15) is 44.9 Å². The molecule has 0 atom stereocenters. The van der Waals surface area contributed by atoms with Crippen LogP contribution in [0.25, 0.3) is 0 Å². The molecule has 0 spiro atoms. The summed E-state index contributed by atoms with van der Waals surface area (Å²) in [5, 5.41) is 8.84. The number of carbonyl (C=O) groups excluding carboxylic acids is 1. The molecule has 3 heteroatoms. The molecular weight excluding hydrogens is 192 g/mol. The fourth-order valence-electron chi connectivity index (χ4n) is 2.65. The molecule has 84 valence electrons. The van der Waals surface area contributed by atoms with Gasteiger partial charge in [-0.15, -0.1) is 0 Å². The van der Waals surface area contributed by atoms with Crippen molar-refractivity contribution in [2.75, 3.05) is 0 Å². The zero-order valence-electron chi connectivity index (χ0n) is 8.95. The van der Waals surface area contributed by atoms with Crippen LogP contribution in [0, 0.1) is 17.8 Å². The van der Waals surface area contributed by atoms with Gasteiger partial charge in [-0.2, -0.15) is 0 Å². The summed E-state index contributed by atoms with van der Waals surface area (Å²) in [6.07, 6.45) is 6.31. The van der Waals surface area contributed by atoms with Crippen molar-refractivity contribution in [1.82, 2.24) is 0 Å². The van der Waals surface area contributed by atoms with Crippen molar-refractivity contribution in [1.29, 1.82) is 0 Å². The zero-order chi connectivity index (χ0) is 10.8. The Morgan fingerprint density at radius 2 is 1.27 bits per heavy atom. The second-order valence-corrected chi connectivity index (χ2v) is 4.92. The van der Waals surface area contributed by atoms with Crippen LogP contribution >= 0.6 is 0 Å². The van der Waals surface area contributed by atoms with E-state index < -0.39 is 5.97 Å². The summed E-state index contributed by atoms with van der Waals surface area (Å²) in [6, 6.07) is 0. The number of carboxylic acids is 1. The lowest BCUT2D eigenvalue weighted by molar-refractivity contribution is -0.144. The molecule has 0 saturated heterocycles. The van der Waals surface area contributed by atoms with E-state index in [0.717, 1.165) is 25.7 Å². The molecule has 2 aliphatic rings. The van der Waals surface area contributed by atoms with Gasteiger partial charge in [0.05, 0.1) is 5.92 Å². The largest absolute Gasteiger partial charge is 0.481 e. The Balaban J connectivity index is 1.82. The average molecular weight is 210 g/mol. The molecule has 2 rings (SSSR count). The molecule has 1 N–H and O–H groups in total. The number of Topliss-reactive ketones (excluding diaryl/α,β-unsaturated/α-hetero) is 1. The minimum Gasteiger partial charge on any atom is -0.481 e. The molecule has 0 bridgehead atoms. The number of hydrogen-bond acceptors (Lipinski definition) is 2. The van der Waals surface area contributed by atoms with Crippen molar-refractivity contribution in [3.8, 4) is 0 Å².